The second kappa shape index (κ2) is 24.5. The number of ether oxygens (including phenoxy) is 1. The highest BCUT2D eigenvalue weighted by atomic mass is 32.1. The van der Waals surface area contributed by atoms with Crippen molar-refractivity contribution in [1.82, 2.24) is 20.4 Å². The topological polar surface area (TPSA) is 197 Å². The molecule has 0 radical (unpaired) electrons. The molecule has 1 aromatic carbocycles. The molecular formula is C41H68N6O8S. The first-order valence-corrected chi connectivity index (χ1v) is 20.0. The molecule has 2 aliphatic rings. The van der Waals surface area contributed by atoms with Crippen LogP contribution in [0.15, 0.2) is 24.3 Å². The van der Waals surface area contributed by atoms with Crippen LogP contribution in [0.25, 0.3) is 0 Å². The summed E-state index contributed by atoms with van der Waals surface area (Å²) in [5.41, 5.74) is 6.17. The Bertz CT molecular complexity index is 1460. The normalized spacial score (nSPS) is 17.7. The summed E-state index contributed by atoms with van der Waals surface area (Å²) >= 11 is 0. The van der Waals surface area contributed by atoms with E-state index in [4.69, 9.17) is 10.5 Å². The van der Waals surface area contributed by atoms with Crippen molar-refractivity contribution in [1.29, 1.82) is 0 Å². The number of nitrogens with two attached hydrogens (primary N) is 1. The van der Waals surface area contributed by atoms with Crippen LogP contribution < -0.4 is 21.7 Å². The Hall–Kier alpha value is -4.14. The number of unbranched alkanes of at least 4 members (excludes halogenated alkanes) is 2. The first kappa shape index (κ1) is 49.9. The zero-order chi connectivity index (χ0) is 41.3. The third-order valence-electron chi connectivity index (χ3n) is 10.0. The first-order chi connectivity index (χ1) is 26.0. The van der Waals surface area contributed by atoms with E-state index in [1.807, 2.05) is 48.5 Å². The number of nitrogens with zero attached hydrogens (tertiary/aromatic N) is 2. The number of imide groups is 1. The molecule has 15 heteroatoms. The SMILES string of the molecule is CC.CC(C)[C@H](NC(=O)CCCCCN1C(=O)CC(C(C)(C)C)C1=O)C(=O)C[C@@H](CCCNC(N)=O)C(=O)Nc1ccc(COC(=O)N2CC[C@H](C)C2)cc1.S. The Kier molecular flexibility index (Phi) is 21.8. The predicted octanol–water partition coefficient (Wildman–Crippen LogP) is 5.89. The zero-order valence-corrected chi connectivity index (χ0v) is 35.8. The summed E-state index contributed by atoms with van der Waals surface area (Å²) in [4.78, 5) is 91.7. The van der Waals surface area contributed by atoms with Crippen LogP contribution in [0, 0.1) is 29.1 Å². The number of Topliss-reactive ketones (excluding diaryl/α,β-unsaturated/α-hetero) is 1. The average molecular weight is 805 g/mol. The smallest absolute Gasteiger partial charge is 0.410 e. The van der Waals surface area contributed by atoms with Gasteiger partial charge in [-0.05, 0) is 67.1 Å². The highest BCUT2D eigenvalue weighted by Gasteiger charge is 2.44. The van der Waals surface area contributed by atoms with Crippen LogP contribution in [0.2, 0.25) is 0 Å². The van der Waals surface area contributed by atoms with Gasteiger partial charge in [-0.25, -0.2) is 9.59 Å². The summed E-state index contributed by atoms with van der Waals surface area (Å²) in [6, 6.07) is 5.43. The van der Waals surface area contributed by atoms with E-state index in [9.17, 15) is 33.6 Å². The summed E-state index contributed by atoms with van der Waals surface area (Å²) in [6.07, 6.45) is 3.34. The lowest BCUT2D eigenvalue weighted by Crippen LogP contribution is -2.45. The van der Waals surface area contributed by atoms with Crippen molar-refractivity contribution < 1.29 is 38.3 Å². The number of carbonyl (C=O) groups is 7. The Labute approximate surface area is 340 Å². The lowest BCUT2D eigenvalue weighted by Gasteiger charge is -2.25. The quantitative estimate of drug-likeness (QED) is 0.0981. The number of hydrogen-bond acceptors (Lipinski definition) is 8. The second-order valence-electron chi connectivity index (χ2n) is 16.0. The van der Waals surface area contributed by atoms with Crippen molar-refractivity contribution in [2.24, 2.45) is 34.8 Å². The van der Waals surface area contributed by atoms with Gasteiger partial charge in [0.25, 0.3) is 0 Å². The van der Waals surface area contributed by atoms with Crippen LogP contribution >= 0.6 is 13.5 Å². The molecule has 2 fully saturated rings. The molecule has 0 spiro atoms. The Morgan fingerprint density at radius 3 is 2.20 bits per heavy atom. The number of nitrogens with one attached hydrogen (secondary N) is 3. The van der Waals surface area contributed by atoms with Crippen LogP contribution in [0.3, 0.4) is 0 Å². The minimum atomic E-state index is -0.804. The fraction of sp³-hybridized carbons (Fsp3) is 0.683. The number of primary amides is 1. The summed E-state index contributed by atoms with van der Waals surface area (Å²) in [5, 5.41) is 8.23. The van der Waals surface area contributed by atoms with E-state index in [2.05, 4.69) is 22.9 Å². The molecule has 1 unspecified atom stereocenters. The molecule has 3 rings (SSSR count). The van der Waals surface area contributed by atoms with Crippen LogP contribution in [0.5, 0.6) is 0 Å². The van der Waals surface area contributed by atoms with Gasteiger partial charge in [0.1, 0.15) is 6.61 Å². The molecule has 5 N–H and O–H groups in total. The van der Waals surface area contributed by atoms with Gasteiger partial charge < -0.3 is 31.3 Å². The molecule has 7 amide bonds. The average Bonchev–Trinajstić information content (AvgIpc) is 3.70. The third kappa shape index (κ3) is 16.5. The lowest BCUT2D eigenvalue weighted by molar-refractivity contribution is -0.140. The highest BCUT2D eigenvalue weighted by molar-refractivity contribution is 7.59. The number of likely N-dealkylation sites (tertiary alicyclic amines) is 2. The van der Waals surface area contributed by atoms with E-state index in [1.54, 1.807) is 29.2 Å². The summed E-state index contributed by atoms with van der Waals surface area (Å²) in [5.74, 6) is -2.06. The van der Waals surface area contributed by atoms with Gasteiger partial charge in [-0.3, -0.25) is 28.9 Å². The molecule has 2 saturated heterocycles. The van der Waals surface area contributed by atoms with Crippen molar-refractivity contribution in [2.75, 3.05) is 31.5 Å². The first-order valence-electron chi connectivity index (χ1n) is 20.0. The van der Waals surface area contributed by atoms with Crippen molar-refractivity contribution in [3.05, 3.63) is 29.8 Å². The fourth-order valence-corrected chi connectivity index (χ4v) is 6.71. The molecule has 2 heterocycles. The van der Waals surface area contributed by atoms with Gasteiger partial charge in [-0.1, -0.05) is 73.9 Å². The third-order valence-corrected chi connectivity index (χ3v) is 10.0. The summed E-state index contributed by atoms with van der Waals surface area (Å²) < 4.78 is 5.44. The minimum Gasteiger partial charge on any atom is -0.445 e. The minimum absolute atomic E-state index is 0. The largest absolute Gasteiger partial charge is 0.445 e. The zero-order valence-electron chi connectivity index (χ0n) is 34.8. The second-order valence-corrected chi connectivity index (χ2v) is 16.0. The Morgan fingerprint density at radius 2 is 1.64 bits per heavy atom. The maximum absolute atomic E-state index is 13.6. The molecule has 0 aliphatic carbocycles. The summed E-state index contributed by atoms with van der Waals surface area (Å²) in [7, 11) is 0. The van der Waals surface area contributed by atoms with Gasteiger partial charge in [0.15, 0.2) is 5.78 Å². The molecular weight excluding hydrogens is 737 g/mol. The Balaban J connectivity index is 0.00000514. The van der Waals surface area contributed by atoms with Crippen LogP contribution in [0.1, 0.15) is 119 Å². The van der Waals surface area contributed by atoms with Crippen LogP contribution in [0.4, 0.5) is 15.3 Å². The van der Waals surface area contributed by atoms with Gasteiger partial charge >= 0.3 is 12.1 Å². The van der Waals surface area contributed by atoms with Crippen molar-refractivity contribution in [3.8, 4) is 0 Å². The highest BCUT2D eigenvalue weighted by Crippen LogP contribution is 2.35. The van der Waals surface area contributed by atoms with Gasteiger partial charge in [-0.2, -0.15) is 13.5 Å². The number of benzene rings is 1. The molecule has 56 heavy (non-hydrogen) atoms. The van der Waals surface area contributed by atoms with E-state index in [1.165, 1.54) is 4.90 Å². The number of anilines is 1. The van der Waals surface area contributed by atoms with E-state index >= 15 is 0 Å². The van der Waals surface area contributed by atoms with Gasteiger partial charge in [0, 0.05) is 57.0 Å². The molecule has 0 bridgehead atoms. The maximum atomic E-state index is 13.6. The molecule has 0 saturated carbocycles. The lowest BCUT2D eigenvalue weighted by atomic mass is 9.80. The van der Waals surface area contributed by atoms with Crippen LogP contribution in [-0.2, 0) is 35.3 Å². The monoisotopic (exact) mass is 804 g/mol. The van der Waals surface area contributed by atoms with Crippen molar-refractivity contribution in [3.63, 3.8) is 0 Å². The van der Waals surface area contributed by atoms with E-state index in [0.717, 1.165) is 12.0 Å². The van der Waals surface area contributed by atoms with Crippen LogP contribution in [-0.4, -0.2) is 83.6 Å². The fourth-order valence-electron chi connectivity index (χ4n) is 6.71. The van der Waals surface area contributed by atoms with E-state index in [-0.39, 0.29) is 105 Å². The molecule has 2 aliphatic heterocycles. The van der Waals surface area contributed by atoms with Gasteiger partial charge in [-0.15, -0.1) is 0 Å². The van der Waals surface area contributed by atoms with E-state index < -0.39 is 18.0 Å². The van der Waals surface area contributed by atoms with E-state index in [0.29, 0.717) is 56.9 Å². The molecule has 316 valence electrons. The number of rotatable bonds is 19. The number of urea groups is 1. The number of ketones is 1. The van der Waals surface area contributed by atoms with Crippen molar-refractivity contribution in [2.45, 2.75) is 126 Å². The molecule has 14 nitrogen and oxygen atoms in total. The summed E-state index contributed by atoms with van der Waals surface area (Å²) in [6.45, 7) is 17.7. The standard InChI is InChI=1S/C39H60N6O8.C2H6.H2S/c1-25(2)34(43-32(47)12-8-7-9-19-45-33(48)22-30(36(45)50)39(4,5)6)31(46)21-28(11-10-18-41-37(40)51)35(49)42-29-15-13-27(14-16-29)24-53-38(52)44-20-17-26(3)23-44;1-2;/h13-16,25-26,28,30,34H,7-12,17-24H2,1-6H3,(H,42,49)(H,43,47)(H3,40,41,51);1-2H3;1H2/t26-,28+,30?,34-;;/m0../s1. The number of amides is 7. The van der Waals surface area contributed by atoms with Gasteiger partial charge in [0.05, 0.1) is 12.0 Å². The molecule has 0 aromatic heterocycles. The Morgan fingerprint density at radius 1 is 0.982 bits per heavy atom. The predicted molar refractivity (Wildman–Crippen MR) is 222 cm³/mol. The maximum Gasteiger partial charge on any atom is 0.410 e. The van der Waals surface area contributed by atoms with Crippen molar-refractivity contribution >= 4 is 60.7 Å². The molecule has 1 aromatic rings. The van der Waals surface area contributed by atoms with Gasteiger partial charge in [0.2, 0.25) is 23.6 Å². The molecule has 4 atom stereocenters. The number of carbonyl (C=O) groups excluding carboxylic acids is 7. The number of hydrogen-bond donors (Lipinski definition) is 4.